The summed E-state index contributed by atoms with van der Waals surface area (Å²) in [5, 5.41) is 7.58. The molecule has 2 saturated heterocycles. The lowest BCUT2D eigenvalue weighted by Gasteiger charge is -2.39. The van der Waals surface area contributed by atoms with Crippen molar-refractivity contribution in [1.82, 2.24) is 30.1 Å². The number of carbonyl (C=O) groups is 2. The zero-order chi connectivity index (χ0) is 32.6. The van der Waals surface area contributed by atoms with Gasteiger partial charge in [0.05, 0.1) is 12.1 Å². The maximum absolute atomic E-state index is 13.7. The molecule has 0 atom stereocenters. The van der Waals surface area contributed by atoms with Gasteiger partial charge in [0.15, 0.2) is 22.5 Å². The fraction of sp³-hybridized carbons (Fsp3) is 0.353. The Morgan fingerprint density at radius 2 is 1.78 bits per heavy atom. The summed E-state index contributed by atoms with van der Waals surface area (Å²) in [7, 11) is 0. The first-order chi connectivity index (χ1) is 21.9. The Morgan fingerprint density at radius 1 is 1.04 bits per heavy atom. The van der Waals surface area contributed by atoms with E-state index in [1.165, 1.54) is 11.6 Å². The summed E-state index contributed by atoms with van der Waals surface area (Å²) in [5.41, 5.74) is 14.2. The van der Waals surface area contributed by atoms with Crippen LogP contribution in [0, 0.1) is 0 Å². The van der Waals surface area contributed by atoms with Crippen molar-refractivity contribution in [3.63, 3.8) is 0 Å². The lowest BCUT2D eigenvalue weighted by atomic mass is 9.87. The lowest BCUT2D eigenvalue weighted by molar-refractivity contribution is 0.0669. The summed E-state index contributed by atoms with van der Waals surface area (Å²) >= 11 is 5.94. The quantitative estimate of drug-likeness (QED) is 0.168. The standard InChI is InChI=1S/C34H39ClN8O3/c1-33(2,3)21-7-9-22(10-8-21)46-18-17-42-14-11-23-24(5-4-6-25(23)42)32(45)43-15-12-34(13-16-43)20-38-27(41-34)19-26(44)28-30(36)40-31(37)29(35)39-28/h4-11,14,19,38,41H,12-13,15-18,20H2,1-3H3,(H4,36,37,40)/b27-19+. The van der Waals surface area contributed by atoms with Crippen LogP contribution in [-0.2, 0) is 12.0 Å². The third kappa shape index (κ3) is 6.32. The maximum Gasteiger partial charge on any atom is 0.254 e. The van der Waals surface area contributed by atoms with Crippen molar-refractivity contribution in [3.8, 4) is 5.75 Å². The molecule has 6 rings (SSSR count). The molecule has 0 unspecified atom stereocenters. The van der Waals surface area contributed by atoms with E-state index in [1.54, 1.807) is 0 Å². The molecule has 4 heterocycles. The Hall–Kier alpha value is -4.77. The minimum atomic E-state index is -0.437. The highest BCUT2D eigenvalue weighted by Crippen LogP contribution is 2.30. The van der Waals surface area contributed by atoms with Crippen molar-refractivity contribution < 1.29 is 14.3 Å². The first-order valence-electron chi connectivity index (χ1n) is 15.4. The molecule has 1 amide bonds. The monoisotopic (exact) mass is 642 g/mol. The molecule has 0 saturated carbocycles. The molecule has 0 radical (unpaired) electrons. The molecule has 2 fully saturated rings. The van der Waals surface area contributed by atoms with Gasteiger partial charge in [-0.25, -0.2) is 9.97 Å². The maximum atomic E-state index is 13.7. The van der Waals surface area contributed by atoms with Crippen LogP contribution < -0.4 is 26.8 Å². The van der Waals surface area contributed by atoms with Crippen LogP contribution in [0.25, 0.3) is 10.9 Å². The van der Waals surface area contributed by atoms with Crippen molar-refractivity contribution in [1.29, 1.82) is 0 Å². The average molecular weight is 643 g/mol. The van der Waals surface area contributed by atoms with E-state index in [-0.39, 0.29) is 39.3 Å². The van der Waals surface area contributed by atoms with Crippen molar-refractivity contribution in [2.24, 2.45) is 0 Å². The number of hydrogen-bond donors (Lipinski definition) is 4. The molecule has 2 aromatic carbocycles. The second-order valence-electron chi connectivity index (χ2n) is 13.0. The predicted molar refractivity (Wildman–Crippen MR) is 180 cm³/mol. The highest BCUT2D eigenvalue weighted by molar-refractivity contribution is 6.31. The Bertz CT molecular complexity index is 1820. The molecule has 2 aliphatic rings. The van der Waals surface area contributed by atoms with Crippen molar-refractivity contribution >= 4 is 45.8 Å². The lowest BCUT2D eigenvalue weighted by Crippen LogP contribution is -2.53. The van der Waals surface area contributed by atoms with Crippen LogP contribution in [-0.4, -0.2) is 62.9 Å². The second-order valence-corrected chi connectivity index (χ2v) is 13.3. The summed E-state index contributed by atoms with van der Waals surface area (Å²) < 4.78 is 8.16. The van der Waals surface area contributed by atoms with Gasteiger partial charge in [0.1, 0.15) is 18.2 Å². The first kappa shape index (κ1) is 31.2. The van der Waals surface area contributed by atoms with Crippen LogP contribution >= 0.6 is 11.6 Å². The van der Waals surface area contributed by atoms with Gasteiger partial charge in [0.2, 0.25) is 5.78 Å². The number of nitrogens with one attached hydrogen (secondary N) is 2. The van der Waals surface area contributed by atoms with Crippen LogP contribution in [0.15, 0.2) is 66.6 Å². The van der Waals surface area contributed by atoms with Crippen molar-refractivity contribution in [2.75, 3.05) is 37.7 Å². The number of nitrogens with two attached hydrogens (primary N) is 2. The topological polar surface area (TPSA) is 153 Å². The number of nitrogens with zero attached hydrogens (tertiary/aromatic N) is 4. The van der Waals surface area contributed by atoms with Crippen molar-refractivity contribution in [3.05, 3.63) is 88.6 Å². The Balaban J connectivity index is 1.06. The van der Waals surface area contributed by atoms with Gasteiger partial charge in [-0.15, -0.1) is 0 Å². The molecule has 240 valence electrons. The molecule has 6 N–H and O–H groups in total. The number of aromatic nitrogens is 3. The number of carbonyl (C=O) groups excluding carboxylic acids is 2. The van der Waals surface area contributed by atoms with E-state index in [1.807, 2.05) is 47.5 Å². The zero-order valence-electron chi connectivity index (χ0n) is 26.3. The van der Waals surface area contributed by atoms with Crippen LogP contribution in [0.3, 0.4) is 0 Å². The molecule has 4 aromatic rings. The molecule has 1 spiro atoms. The molecule has 11 nitrogen and oxygen atoms in total. The molecular weight excluding hydrogens is 604 g/mol. The van der Waals surface area contributed by atoms with Gasteiger partial charge in [0.25, 0.3) is 5.91 Å². The molecule has 12 heteroatoms. The summed E-state index contributed by atoms with van der Waals surface area (Å²) in [6.45, 7) is 9.55. The van der Waals surface area contributed by atoms with Gasteiger partial charge >= 0.3 is 0 Å². The number of rotatable bonds is 7. The van der Waals surface area contributed by atoms with Gasteiger partial charge in [-0.2, -0.15) is 0 Å². The average Bonchev–Trinajstić information content (AvgIpc) is 3.62. The number of fused-ring (bicyclic) bond motifs is 1. The minimum Gasteiger partial charge on any atom is -0.492 e. The number of ketones is 1. The van der Waals surface area contributed by atoms with Crippen LogP contribution in [0.1, 0.15) is 60.0 Å². The van der Waals surface area contributed by atoms with Crippen molar-refractivity contribution in [2.45, 2.75) is 51.1 Å². The number of likely N-dealkylation sites (tertiary alicyclic amines) is 1. The largest absolute Gasteiger partial charge is 0.492 e. The number of amides is 1. The number of allylic oxidation sites excluding steroid dienone is 1. The second kappa shape index (κ2) is 12.2. The van der Waals surface area contributed by atoms with Gasteiger partial charge in [-0.1, -0.05) is 50.6 Å². The molecule has 0 bridgehead atoms. The Kier molecular flexibility index (Phi) is 8.28. The molecule has 0 aliphatic carbocycles. The number of benzene rings is 2. The molecular formula is C34H39ClN8O3. The summed E-state index contributed by atoms with van der Waals surface area (Å²) in [4.78, 5) is 36.3. The van der Waals surface area contributed by atoms with Crippen LogP contribution in [0.4, 0.5) is 11.6 Å². The summed E-state index contributed by atoms with van der Waals surface area (Å²) in [6, 6.07) is 16.1. The van der Waals surface area contributed by atoms with Gasteiger partial charge in [-0.3, -0.25) is 9.59 Å². The fourth-order valence-corrected chi connectivity index (χ4v) is 6.20. The van der Waals surface area contributed by atoms with E-state index in [0.717, 1.165) is 29.5 Å². The number of anilines is 2. The number of piperidine rings is 1. The van der Waals surface area contributed by atoms with Gasteiger partial charge < -0.3 is 36.3 Å². The number of halogens is 1. The number of ether oxygens (including phenoxy) is 1. The van der Waals surface area contributed by atoms with E-state index in [2.05, 4.69) is 58.1 Å². The number of nitrogen functional groups attached to an aromatic ring is 2. The van der Waals surface area contributed by atoms with E-state index in [0.29, 0.717) is 44.2 Å². The van der Waals surface area contributed by atoms with Crippen LogP contribution in [0.2, 0.25) is 5.15 Å². The third-order valence-electron chi connectivity index (χ3n) is 8.80. The normalized spacial score (nSPS) is 16.9. The van der Waals surface area contributed by atoms with E-state index < -0.39 is 5.78 Å². The Morgan fingerprint density at radius 3 is 2.50 bits per heavy atom. The third-order valence-corrected chi connectivity index (χ3v) is 9.08. The summed E-state index contributed by atoms with van der Waals surface area (Å²) in [5.74, 6) is 0.875. The van der Waals surface area contributed by atoms with Gasteiger partial charge in [-0.05, 0) is 54.2 Å². The van der Waals surface area contributed by atoms with E-state index >= 15 is 0 Å². The molecule has 2 aliphatic heterocycles. The first-order valence-corrected chi connectivity index (χ1v) is 15.8. The van der Waals surface area contributed by atoms with E-state index in [9.17, 15) is 9.59 Å². The highest BCUT2D eigenvalue weighted by atomic mass is 35.5. The highest BCUT2D eigenvalue weighted by Gasteiger charge is 2.40. The minimum absolute atomic E-state index is 0.0135. The predicted octanol–water partition coefficient (Wildman–Crippen LogP) is 4.52. The van der Waals surface area contributed by atoms with E-state index in [4.69, 9.17) is 27.8 Å². The smallest absolute Gasteiger partial charge is 0.254 e. The van der Waals surface area contributed by atoms with Gasteiger partial charge in [0, 0.05) is 48.4 Å². The Labute approximate surface area is 273 Å². The summed E-state index contributed by atoms with van der Waals surface area (Å²) in [6.07, 6.45) is 4.85. The fourth-order valence-electron chi connectivity index (χ4n) is 6.08. The molecule has 46 heavy (non-hydrogen) atoms. The molecule has 2 aromatic heterocycles. The zero-order valence-corrected chi connectivity index (χ0v) is 27.0. The van der Waals surface area contributed by atoms with Crippen LogP contribution in [0.5, 0.6) is 5.75 Å². The number of hydrogen-bond acceptors (Lipinski definition) is 9. The SMILES string of the molecule is CC(C)(C)c1ccc(OCCn2ccc3c(C(=O)N4CCC5(CC4)CN/C(=C\C(=O)c4nc(Cl)c(N)nc4N)N5)cccc32)cc1.